The van der Waals surface area contributed by atoms with Crippen LogP contribution in [0.2, 0.25) is 0 Å². The molecule has 4 nitrogen and oxygen atoms in total. The molecule has 1 aromatic rings. The average Bonchev–Trinajstić information content (AvgIpc) is 2.32. The normalized spacial score (nSPS) is 10.3. The lowest BCUT2D eigenvalue weighted by Gasteiger charge is -1.91. The van der Waals surface area contributed by atoms with Gasteiger partial charge in [-0.15, -0.1) is 9.78 Å². The summed E-state index contributed by atoms with van der Waals surface area (Å²) in [5.74, 6) is 0.753. The van der Waals surface area contributed by atoms with Crippen molar-refractivity contribution in [3.05, 3.63) is 10.2 Å². The molecule has 0 aliphatic carbocycles. The van der Waals surface area contributed by atoms with E-state index in [1.807, 2.05) is 18.8 Å². The lowest BCUT2D eigenvalue weighted by molar-refractivity contribution is -0.734. The van der Waals surface area contributed by atoms with Crippen LogP contribution in [0.25, 0.3) is 0 Å². The lowest BCUT2D eigenvalue weighted by atomic mass is 10.4. The largest absolute Gasteiger partial charge is 0.478 e. The summed E-state index contributed by atoms with van der Waals surface area (Å²) < 4.78 is 7.99. The van der Waals surface area contributed by atoms with E-state index in [0.29, 0.717) is 0 Å². The fourth-order valence-electron chi connectivity index (χ4n) is 1.05. The molecular formula is C7H13BrN3O+. The Morgan fingerprint density at radius 3 is 2.75 bits per heavy atom. The van der Waals surface area contributed by atoms with E-state index in [2.05, 4.69) is 26.3 Å². The molecule has 2 N–H and O–H groups in total. The van der Waals surface area contributed by atoms with Crippen LogP contribution >= 0.6 is 15.9 Å². The Morgan fingerprint density at radius 2 is 2.33 bits per heavy atom. The molecule has 5 heteroatoms. The molecule has 0 aliphatic rings. The number of nitrogens with zero attached hydrogens (tertiary/aromatic N) is 1. The zero-order valence-electron chi connectivity index (χ0n) is 7.44. The molecule has 0 aliphatic heterocycles. The minimum Gasteiger partial charge on any atom is -0.478 e. The highest BCUT2D eigenvalue weighted by atomic mass is 79.9. The van der Waals surface area contributed by atoms with E-state index in [0.717, 1.165) is 22.6 Å². The van der Waals surface area contributed by atoms with E-state index in [1.54, 1.807) is 7.11 Å². The SMILES string of the molecule is CNCc1c(Br)c(OC)[nH][n+]1C. The first-order valence-corrected chi connectivity index (χ1v) is 4.45. The molecule has 1 aromatic heterocycles. The lowest BCUT2D eigenvalue weighted by Crippen LogP contribution is -2.36. The molecule has 1 heterocycles. The van der Waals surface area contributed by atoms with Crippen LogP contribution < -0.4 is 14.7 Å². The van der Waals surface area contributed by atoms with Gasteiger partial charge in [-0.1, -0.05) is 0 Å². The highest BCUT2D eigenvalue weighted by molar-refractivity contribution is 9.10. The first-order valence-electron chi connectivity index (χ1n) is 3.65. The molecular weight excluding hydrogens is 222 g/mol. The van der Waals surface area contributed by atoms with Crippen molar-refractivity contribution >= 4 is 15.9 Å². The Bertz CT molecular complexity index is 272. The van der Waals surface area contributed by atoms with Crippen LogP contribution in [0.15, 0.2) is 4.47 Å². The van der Waals surface area contributed by atoms with E-state index < -0.39 is 0 Å². The summed E-state index contributed by atoms with van der Waals surface area (Å²) in [6.07, 6.45) is 0. The maximum absolute atomic E-state index is 5.10. The van der Waals surface area contributed by atoms with Crippen molar-refractivity contribution in [3.63, 3.8) is 0 Å². The van der Waals surface area contributed by atoms with Gasteiger partial charge in [0.1, 0.15) is 0 Å². The first-order chi connectivity index (χ1) is 5.70. The van der Waals surface area contributed by atoms with Gasteiger partial charge in [0.05, 0.1) is 13.7 Å². The zero-order valence-corrected chi connectivity index (χ0v) is 9.03. The van der Waals surface area contributed by atoms with Gasteiger partial charge in [-0.25, -0.2) is 0 Å². The molecule has 12 heavy (non-hydrogen) atoms. The van der Waals surface area contributed by atoms with Gasteiger partial charge in [0.15, 0.2) is 11.5 Å². The molecule has 0 unspecified atom stereocenters. The number of aromatic amines is 1. The fourth-order valence-corrected chi connectivity index (χ4v) is 1.70. The van der Waals surface area contributed by atoms with Crippen LogP contribution in [-0.4, -0.2) is 19.3 Å². The minimum atomic E-state index is 0.753. The Kier molecular flexibility index (Phi) is 3.11. The van der Waals surface area contributed by atoms with Gasteiger partial charge in [0, 0.05) is 0 Å². The van der Waals surface area contributed by atoms with E-state index in [1.165, 1.54) is 0 Å². The summed E-state index contributed by atoms with van der Waals surface area (Å²) in [7, 11) is 5.49. The highest BCUT2D eigenvalue weighted by Crippen LogP contribution is 2.23. The van der Waals surface area contributed by atoms with Crippen molar-refractivity contribution in [2.24, 2.45) is 7.05 Å². The van der Waals surface area contributed by atoms with Crippen LogP contribution in [0, 0.1) is 0 Å². The van der Waals surface area contributed by atoms with E-state index in [4.69, 9.17) is 4.74 Å². The number of nitrogens with one attached hydrogen (secondary N) is 2. The minimum absolute atomic E-state index is 0.753. The van der Waals surface area contributed by atoms with Gasteiger partial charge < -0.3 is 10.1 Å². The van der Waals surface area contributed by atoms with Crippen molar-refractivity contribution in [3.8, 4) is 5.88 Å². The second-order valence-electron chi connectivity index (χ2n) is 2.50. The van der Waals surface area contributed by atoms with E-state index in [-0.39, 0.29) is 0 Å². The second kappa shape index (κ2) is 3.91. The van der Waals surface area contributed by atoms with Crippen LogP contribution in [0.5, 0.6) is 5.88 Å². The van der Waals surface area contributed by atoms with Crippen LogP contribution in [-0.2, 0) is 13.6 Å². The van der Waals surface area contributed by atoms with Gasteiger partial charge in [-0.2, -0.15) is 0 Å². The number of aryl methyl sites for hydroxylation is 1. The number of ether oxygens (including phenoxy) is 1. The smallest absolute Gasteiger partial charge is 0.264 e. The quantitative estimate of drug-likeness (QED) is 0.741. The number of hydrogen-bond donors (Lipinski definition) is 2. The number of aromatic nitrogens is 2. The second-order valence-corrected chi connectivity index (χ2v) is 3.29. The number of hydrogen-bond acceptors (Lipinski definition) is 2. The van der Waals surface area contributed by atoms with Gasteiger partial charge in [0.2, 0.25) is 5.69 Å². The third kappa shape index (κ3) is 1.61. The number of H-pyrrole nitrogens is 1. The fraction of sp³-hybridized carbons (Fsp3) is 0.571. The number of rotatable bonds is 3. The highest BCUT2D eigenvalue weighted by Gasteiger charge is 2.19. The van der Waals surface area contributed by atoms with Crippen molar-refractivity contribution in [1.29, 1.82) is 0 Å². The standard InChI is InChI=1S/C7H12BrN3O/c1-9-4-5-6(8)7(12-3)10-11(5)2/h9H,4H2,1-3H3/p+1. The van der Waals surface area contributed by atoms with Crippen LogP contribution in [0.4, 0.5) is 0 Å². The molecule has 0 saturated carbocycles. The maximum Gasteiger partial charge on any atom is 0.264 e. The average molecular weight is 235 g/mol. The Morgan fingerprint density at radius 1 is 1.67 bits per heavy atom. The third-order valence-electron chi connectivity index (χ3n) is 1.68. The summed E-state index contributed by atoms with van der Waals surface area (Å²) in [5, 5.41) is 6.13. The molecule has 0 amide bonds. The molecule has 0 spiro atoms. The maximum atomic E-state index is 5.10. The van der Waals surface area contributed by atoms with Crippen molar-refractivity contribution in [2.75, 3.05) is 14.2 Å². The summed E-state index contributed by atoms with van der Waals surface area (Å²) in [4.78, 5) is 0. The third-order valence-corrected chi connectivity index (χ3v) is 2.49. The molecule has 0 radical (unpaired) electrons. The molecule has 0 bridgehead atoms. The van der Waals surface area contributed by atoms with E-state index >= 15 is 0 Å². The summed E-state index contributed by atoms with van der Waals surface area (Å²) in [5.41, 5.74) is 1.13. The van der Waals surface area contributed by atoms with Crippen molar-refractivity contribution in [2.45, 2.75) is 6.54 Å². The Labute approximate surface area is 80.0 Å². The molecule has 1 rings (SSSR count). The summed E-state index contributed by atoms with van der Waals surface area (Å²) >= 11 is 3.45. The predicted octanol–water partition coefficient (Wildman–Crippen LogP) is 0.330. The van der Waals surface area contributed by atoms with Crippen molar-refractivity contribution in [1.82, 2.24) is 10.4 Å². The summed E-state index contributed by atoms with van der Waals surface area (Å²) in [6.45, 7) is 0.803. The van der Waals surface area contributed by atoms with Crippen LogP contribution in [0.1, 0.15) is 5.69 Å². The van der Waals surface area contributed by atoms with Gasteiger partial charge in [-0.3, -0.25) is 0 Å². The van der Waals surface area contributed by atoms with E-state index in [9.17, 15) is 0 Å². The molecule has 68 valence electrons. The molecule has 0 atom stereocenters. The monoisotopic (exact) mass is 234 g/mol. The van der Waals surface area contributed by atoms with Gasteiger partial charge in [-0.05, 0) is 23.0 Å². The topological polar surface area (TPSA) is 40.9 Å². The first kappa shape index (κ1) is 9.54. The number of halogens is 1. The van der Waals surface area contributed by atoms with Crippen molar-refractivity contribution < 1.29 is 9.42 Å². The number of methoxy groups -OCH3 is 1. The molecule has 0 aromatic carbocycles. The van der Waals surface area contributed by atoms with Crippen LogP contribution in [0.3, 0.4) is 0 Å². The Balaban J connectivity index is 3.01. The van der Waals surface area contributed by atoms with Gasteiger partial charge >= 0.3 is 0 Å². The predicted molar refractivity (Wildman–Crippen MR) is 49.0 cm³/mol. The molecule has 0 fully saturated rings. The molecule has 0 saturated heterocycles. The zero-order chi connectivity index (χ0) is 9.14. The summed E-state index contributed by atoms with van der Waals surface area (Å²) in [6, 6.07) is 0. The van der Waals surface area contributed by atoms with Gasteiger partial charge in [0.25, 0.3) is 5.88 Å². The Hall–Kier alpha value is -0.550.